The highest BCUT2D eigenvalue weighted by molar-refractivity contribution is 6.58. The Hall–Kier alpha value is -5.55. The molecule has 0 fully saturated rings. The molecule has 10 rings (SSSR count). The number of rotatable bonds is 2. The van der Waals surface area contributed by atoms with Crippen molar-refractivity contribution in [2.45, 2.75) is 0 Å². The molecule has 8 nitrogen and oxygen atoms in total. The topological polar surface area (TPSA) is 118 Å². The van der Waals surface area contributed by atoms with Gasteiger partial charge in [0, 0.05) is 15.6 Å². The summed E-state index contributed by atoms with van der Waals surface area (Å²) < 4.78 is 11.6. The van der Waals surface area contributed by atoms with Crippen molar-refractivity contribution >= 4 is 113 Å². The maximum atomic E-state index is 8.63. The van der Waals surface area contributed by atoms with Crippen molar-refractivity contribution in [3.05, 3.63) is 149 Å². The lowest BCUT2D eigenvalue weighted by Crippen LogP contribution is -2.29. The Kier molecular flexibility index (Phi) is 9.19. The van der Waals surface area contributed by atoms with E-state index in [1.165, 1.54) is 0 Å². The van der Waals surface area contributed by atoms with Gasteiger partial charge in [0.05, 0.1) is 28.9 Å². The Morgan fingerprint density at radius 2 is 1.02 bits per heavy atom. The molecule has 252 valence electrons. The molecule has 2 N–H and O–H groups in total. The summed E-state index contributed by atoms with van der Waals surface area (Å²) >= 11 is 17.3. The number of halogens is 3. The third-order valence-electron chi connectivity index (χ3n) is 8.43. The summed E-state index contributed by atoms with van der Waals surface area (Å²) in [5.74, 6) is 0. The van der Waals surface area contributed by atoms with E-state index in [2.05, 4.69) is 50.3 Å². The van der Waals surface area contributed by atoms with E-state index in [0.29, 0.717) is 32.1 Å². The Labute approximate surface area is 311 Å². The number of fused-ring (bicyclic) bond motifs is 10. The first-order chi connectivity index (χ1) is 25.3. The summed E-state index contributed by atoms with van der Waals surface area (Å²) in [6, 6.07) is 38.2. The van der Waals surface area contributed by atoms with Crippen LogP contribution in [0.4, 0.5) is 0 Å². The molecule has 0 radical (unpaired) electrons. The van der Waals surface area contributed by atoms with Crippen LogP contribution in [-0.2, 0) is 0 Å². The second kappa shape index (κ2) is 14.2. The van der Waals surface area contributed by atoms with Crippen molar-refractivity contribution in [2.24, 2.45) is 0 Å². The van der Waals surface area contributed by atoms with Gasteiger partial charge in [0.25, 0.3) is 0 Å². The van der Waals surface area contributed by atoms with Crippen LogP contribution in [0.15, 0.2) is 143 Å². The van der Waals surface area contributed by atoms with Crippen LogP contribution in [0.3, 0.4) is 0 Å². The van der Waals surface area contributed by atoms with Crippen molar-refractivity contribution in [3.63, 3.8) is 0 Å². The largest absolute Gasteiger partial charge is 0.488 e. The Balaban J connectivity index is 0.000000122. The molecule has 0 saturated heterocycles. The molecule has 4 heterocycles. The first-order valence-corrected chi connectivity index (χ1v) is 17.1. The van der Waals surface area contributed by atoms with Crippen LogP contribution in [0.2, 0.25) is 15.2 Å². The van der Waals surface area contributed by atoms with Crippen molar-refractivity contribution in [1.29, 1.82) is 0 Å². The monoisotopic (exact) mass is 740 g/mol. The predicted molar refractivity (Wildman–Crippen MR) is 210 cm³/mol. The minimum Gasteiger partial charge on any atom is -0.436 e. The molecule has 0 amide bonds. The molecule has 0 saturated carbocycles. The van der Waals surface area contributed by atoms with Gasteiger partial charge in [-0.3, -0.25) is 0 Å². The van der Waals surface area contributed by atoms with E-state index in [1.807, 2.05) is 66.7 Å². The zero-order chi connectivity index (χ0) is 35.8. The number of aromatic nitrogens is 4. The van der Waals surface area contributed by atoms with E-state index in [0.717, 1.165) is 65.8 Å². The van der Waals surface area contributed by atoms with E-state index < -0.39 is 7.12 Å². The van der Waals surface area contributed by atoms with Gasteiger partial charge in [0.1, 0.15) is 22.2 Å². The summed E-state index contributed by atoms with van der Waals surface area (Å²) in [5.41, 5.74) is 6.34. The van der Waals surface area contributed by atoms with Crippen molar-refractivity contribution < 1.29 is 18.9 Å². The van der Waals surface area contributed by atoms with Gasteiger partial charge in [0.15, 0.2) is 5.15 Å². The molecule has 0 aliphatic carbocycles. The number of furan rings is 2. The fraction of sp³-hybridized carbons (Fsp3) is 0. The van der Waals surface area contributed by atoms with Crippen molar-refractivity contribution in [1.82, 2.24) is 19.9 Å². The standard InChI is InChI=1S/C20H11ClN2O.C14H7ClN2O.C6H6BClO2/c21-14-8-5-13(6-9-14)16-11-22-19-18-15-4-2-1-3-12(15)7-10-17(18)24-20(19)23-16;15-11-7-16-13-12-9-4-2-1-3-8(9)5-6-10(12)18-14(13)17-11;8-6-3-1-5(2-4-6)7(9)10/h1-11H;1-7H;1-4,9-10H. The number of benzene rings is 6. The highest BCUT2D eigenvalue weighted by Crippen LogP contribution is 2.34. The van der Waals surface area contributed by atoms with E-state index in [-0.39, 0.29) is 0 Å². The molecular weight excluding hydrogens is 718 g/mol. The second-order valence-electron chi connectivity index (χ2n) is 11.7. The van der Waals surface area contributed by atoms with Crippen molar-refractivity contribution in [3.8, 4) is 11.3 Å². The Morgan fingerprint density at radius 1 is 0.519 bits per heavy atom. The average Bonchev–Trinajstić information content (AvgIpc) is 3.74. The molecule has 0 spiro atoms. The van der Waals surface area contributed by atoms with Crippen LogP contribution in [-0.4, -0.2) is 37.1 Å². The Bertz CT molecular complexity index is 2880. The number of hydrogen-bond donors (Lipinski definition) is 2. The highest BCUT2D eigenvalue weighted by Gasteiger charge is 2.15. The molecular formula is C40H24BCl3N4O4. The third kappa shape index (κ3) is 6.64. The summed E-state index contributed by atoms with van der Waals surface area (Å²) in [5, 5.41) is 25.4. The molecule has 0 atom stereocenters. The minimum atomic E-state index is -1.41. The van der Waals surface area contributed by atoms with Gasteiger partial charge < -0.3 is 18.9 Å². The second-order valence-corrected chi connectivity index (χ2v) is 13.0. The van der Waals surface area contributed by atoms with Crippen LogP contribution >= 0.6 is 34.8 Å². The van der Waals surface area contributed by atoms with Crippen LogP contribution in [0.1, 0.15) is 0 Å². The van der Waals surface area contributed by atoms with Gasteiger partial charge in [-0.1, -0.05) is 120 Å². The van der Waals surface area contributed by atoms with Gasteiger partial charge in [-0.05, 0) is 63.4 Å². The molecule has 12 heteroatoms. The van der Waals surface area contributed by atoms with E-state index >= 15 is 0 Å². The summed E-state index contributed by atoms with van der Waals surface area (Å²) in [7, 11) is -1.41. The van der Waals surface area contributed by atoms with Crippen LogP contribution in [0.5, 0.6) is 0 Å². The van der Waals surface area contributed by atoms with E-state index in [4.69, 9.17) is 53.7 Å². The van der Waals surface area contributed by atoms with Gasteiger partial charge in [-0.15, -0.1) is 0 Å². The highest BCUT2D eigenvalue weighted by atomic mass is 35.5. The van der Waals surface area contributed by atoms with Gasteiger partial charge in [-0.2, -0.15) is 4.98 Å². The van der Waals surface area contributed by atoms with Gasteiger partial charge in [-0.25, -0.2) is 15.0 Å². The SMILES string of the molecule is Clc1ccc(-c2cnc3c(n2)oc2ccc4ccccc4c23)cc1.Clc1cnc2c(n1)oc1ccc3ccccc3c12.OB(O)c1ccc(Cl)cc1. The Morgan fingerprint density at radius 3 is 1.58 bits per heavy atom. The molecule has 10 aromatic rings. The minimum absolute atomic E-state index is 0.339. The molecule has 52 heavy (non-hydrogen) atoms. The lowest BCUT2D eigenvalue weighted by Gasteiger charge is -2.00. The molecule has 6 aromatic carbocycles. The average molecular weight is 742 g/mol. The van der Waals surface area contributed by atoms with Crippen LogP contribution < -0.4 is 5.46 Å². The van der Waals surface area contributed by atoms with Gasteiger partial charge >= 0.3 is 7.12 Å². The summed E-state index contributed by atoms with van der Waals surface area (Å²) in [4.78, 5) is 17.8. The van der Waals surface area contributed by atoms with Crippen LogP contribution in [0.25, 0.3) is 77.2 Å². The first-order valence-electron chi connectivity index (χ1n) is 16.0. The first kappa shape index (κ1) is 33.6. The smallest absolute Gasteiger partial charge is 0.436 e. The van der Waals surface area contributed by atoms with E-state index in [9.17, 15) is 0 Å². The normalized spacial score (nSPS) is 11.2. The lowest BCUT2D eigenvalue weighted by atomic mass is 9.81. The van der Waals surface area contributed by atoms with E-state index in [1.54, 1.807) is 36.7 Å². The fourth-order valence-electron chi connectivity index (χ4n) is 5.97. The molecule has 0 bridgehead atoms. The molecule has 0 unspecified atom stereocenters. The van der Waals surface area contributed by atoms with Gasteiger partial charge in [0.2, 0.25) is 11.4 Å². The zero-order valence-corrected chi connectivity index (χ0v) is 29.2. The van der Waals surface area contributed by atoms with Crippen LogP contribution in [0, 0.1) is 0 Å². The number of nitrogens with zero attached hydrogens (tertiary/aromatic N) is 4. The summed E-state index contributed by atoms with van der Waals surface area (Å²) in [6.45, 7) is 0. The zero-order valence-electron chi connectivity index (χ0n) is 26.9. The predicted octanol–water partition coefficient (Wildman–Crippen LogP) is 10.1. The molecule has 0 aliphatic heterocycles. The molecule has 4 aromatic heterocycles. The summed E-state index contributed by atoms with van der Waals surface area (Å²) in [6.07, 6.45) is 3.32. The number of hydrogen-bond acceptors (Lipinski definition) is 8. The third-order valence-corrected chi connectivity index (χ3v) is 9.11. The maximum Gasteiger partial charge on any atom is 0.488 e. The quantitative estimate of drug-likeness (QED) is 0.168. The maximum absolute atomic E-state index is 8.63. The lowest BCUT2D eigenvalue weighted by molar-refractivity contribution is 0.426. The van der Waals surface area contributed by atoms with Crippen molar-refractivity contribution in [2.75, 3.05) is 0 Å². The molecule has 0 aliphatic rings. The fourth-order valence-corrected chi connectivity index (χ4v) is 6.35.